The van der Waals surface area contributed by atoms with Crippen LogP contribution < -0.4 is 4.74 Å². The number of ether oxygens (including phenoxy) is 1. The number of likely N-dealkylation sites (tertiary alicyclic amines) is 1. The molecule has 2 aliphatic rings. The zero-order valence-electron chi connectivity index (χ0n) is 17.8. The fourth-order valence-electron chi connectivity index (χ4n) is 4.38. The van der Waals surface area contributed by atoms with Gasteiger partial charge in [0.1, 0.15) is 11.9 Å². The van der Waals surface area contributed by atoms with Crippen molar-refractivity contribution >= 4 is 15.9 Å². The summed E-state index contributed by atoms with van der Waals surface area (Å²) < 4.78 is 33.9. The predicted molar refractivity (Wildman–Crippen MR) is 118 cm³/mol. The van der Waals surface area contributed by atoms with Gasteiger partial charge in [-0.2, -0.15) is 4.31 Å². The van der Waals surface area contributed by atoms with Crippen molar-refractivity contribution in [2.45, 2.75) is 30.3 Å². The van der Waals surface area contributed by atoms with Crippen molar-refractivity contribution in [2.24, 2.45) is 0 Å². The van der Waals surface area contributed by atoms with Gasteiger partial charge in [-0.25, -0.2) is 8.42 Å². The van der Waals surface area contributed by atoms with Crippen LogP contribution in [0.5, 0.6) is 5.75 Å². The summed E-state index contributed by atoms with van der Waals surface area (Å²) in [6, 6.07) is 15.7. The maximum Gasteiger partial charge on any atom is 0.245 e. The molecule has 2 aromatic carbocycles. The van der Waals surface area contributed by atoms with E-state index in [1.807, 2.05) is 12.1 Å². The normalized spacial score (nSPS) is 20.7. The highest BCUT2D eigenvalue weighted by molar-refractivity contribution is 7.89. The lowest BCUT2D eigenvalue weighted by atomic mass is 10.1. The SMILES string of the molecule is COc1ccc([C@H]2N(C(=O)CN3CCCC3)CCCN2S(=O)(=O)c2ccccc2)cc1. The zero-order valence-corrected chi connectivity index (χ0v) is 18.6. The maximum atomic E-state index is 13.6. The van der Waals surface area contributed by atoms with Crippen LogP contribution in [0, 0.1) is 0 Å². The molecule has 8 heteroatoms. The van der Waals surface area contributed by atoms with Crippen molar-refractivity contribution in [3.8, 4) is 5.75 Å². The Kier molecular flexibility index (Phi) is 6.60. The summed E-state index contributed by atoms with van der Waals surface area (Å²) >= 11 is 0. The Morgan fingerprint density at radius 2 is 1.61 bits per heavy atom. The summed E-state index contributed by atoms with van der Waals surface area (Å²) in [7, 11) is -2.18. The Bertz CT molecular complexity index is 989. The number of hydrogen-bond donors (Lipinski definition) is 0. The highest BCUT2D eigenvalue weighted by atomic mass is 32.2. The van der Waals surface area contributed by atoms with Crippen molar-refractivity contribution in [1.29, 1.82) is 0 Å². The summed E-state index contributed by atoms with van der Waals surface area (Å²) in [5, 5.41) is 0. The molecule has 2 heterocycles. The number of carbonyl (C=O) groups excluding carboxylic acids is 1. The first-order valence-electron chi connectivity index (χ1n) is 10.7. The first-order valence-corrected chi connectivity index (χ1v) is 12.2. The molecule has 0 unspecified atom stereocenters. The minimum absolute atomic E-state index is 0.0318. The van der Waals surface area contributed by atoms with Gasteiger partial charge in [-0.05, 0) is 62.2 Å². The van der Waals surface area contributed by atoms with Crippen LogP contribution in [0.1, 0.15) is 31.0 Å². The van der Waals surface area contributed by atoms with Gasteiger partial charge in [0, 0.05) is 13.1 Å². The third kappa shape index (κ3) is 4.61. The monoisotopic (exact) mass is 443 g/mol. The zero-order chi connectivity index (χ0) is 21.8. The molecule has 1 atom stereocenters. The van der Waals surface area contributed by atoms with Gasteiger partial charge in [-0.3, -0.25) is 9.69 Å². The molecule has 2 aromatic rings. The summed E-state index contributed by atoms with van der Waals surface area (Å²) in [6.45, 7) is 3.05. The Labute approximate surface area is 184 Å². The molecule has 0 aromatic heterocycles. The average molecular weight is 444 g/mol. The number of rotatable bonds is 6. The minimum atomic E-state index is -3.77. The van der Waals surface area contributed by atoms with E-state index in [0.29, 0.717) is 31.8 Å². The number of nitrogens with zero attached hydrogens (tertiary/aromatic N) is 3. The van der Waals surface area contributed by atoms with Crippen LogP contribution in [0.4, 0.5) is 0 Å². The average Bonchev–Trinajstić information content (AvgIpc) is 3.32. The summed E-state index contributed by atoms with van der Waals surface area (Å²) in [4.78, 5) is 17.4. The molecule has 1 amide bonds. The van der Waals surface area contributed by atoms with E-state index in [9.17, 15) is 13.2 Å². The molecule has 2 saturated heterocycles. The first-order chi connectivity index (χ1) is 15.0. The highest BCUT2D eigenvalue weighted by Gasteiger charge is 2.41. The first kappa shape index (κ1) is 21.8. The number of hydrogen-bond acceptors (Lipinski definition) is 5. The van der Waals surface area contributed by atoms with Crippen molar-refractivity contribution in [3.05, 3.63) is 60.2 Å². The van der Waals surface area contributed by atoms with E-state index in [1.165, 1.54) is 4.31 Å². The van der Waals surface area contributed by atoms with Crippen molar-refractivity contribution < 1.29 is 17.9 Å². The Morgan fingerprint density at radius 3 is 2.26 bits per heavy atom. The van der Waals surface area contributed by atoms with Crippen LogP contribution in [0.25, 0.3) is 0 Å². The molecule has 0 bridgehead atoms. The van der Waals surface area contributed by atoms with Gasteiger partial charge in [0.05, 0.1) is 18.6 Å². The van der Waals surface area contributed by atoms with E-state index in [2.05, 4.69) is 4.90 Å². The van der Waals surface area contributed by atoms with Crippen LogP contribution in [0.3, 0.4) is 0 Å². The van der Waals surface area contributed by atoms with Gasteiger partial charge in [0.25, 0.3) is 0 Å². The third-order valence-corrected chi connectivity index (χ3v) is 7.85. The number of methoxy groups -OCH3 is 1. The largest absolute Gasteiger partial charge is 0.497 e. The van der Waals surface area contributed by atoms with E-state index in [4.69, 9.17) is 4.74 Å². The second kappa shape index (κ2) is 9.38. The number of carbonyl (C=O) groups is 1. The van der Waals surface area contributed by atoms with Gasteiger partial charge in [0.2, 0.25) is 15.9 Å². The van der Waals surface area contributed by atoms with E-state index < -0.39 is 16.2 Å². The molecule has 0 N–H and O–H groups in total. The van der Waals surface area contributed by atoms with Gasteiger partial charge >= 0.3 is 0 Å². The van der Waals surface area contributed by atoms with E-state index in [0.717, 1.165) is 31.5 Å². The summed E-state index contributed by atoms with van der Waals surface area (Å²) in [5.74, 6) is 0.655. The lowest BCUT2D eigenvalue weighted by Gasteiger charge is -2.43. The van der Waals surface area contributed by atoms with Gasteiger partial charge in [-0.1, -0.05) is 30.3 Å². The molecule has 4 rings (SSSR count). The van der Waals surface area contributed by atoms with Gasteiger partial charge in [0.15, 0.2) is 0 Å². The lowest BCUT2D eigenvalue weighted by molar-refractivity contribution is -0.139. The maximum absolute atomic E-state index is 13.6. The molecule has 0 spiro atoms. The van der Waals surface area contributed by atoms with Gasteiger partial charge in [-0.15, -0.1) is 0 Å². The van der Waals surface area contributed by atoms with Gasteiger partial charge < -0.3 is 9.64 Å². The molecule has 2 fully saturated rings. The predicted octanol–water partition coefficient (Wildman–Crippen LogP) is 2.71. The van der Waals surface area contributed by atoms with Crippen molar-refractivity contribution in [1.82, 2.24) is 14.1 Å². The molecule has 0 saturated carbocycles. The Morgan fingerprint density at radius 1 is 0.935 bits per heavy atom. The van der Waals surface area contributed by atoms with Crippen LogP contribution >= 0.6 is 0 Å². The van der Waals surface area contributed by atoms with E-state index in [1.54, 1.807) is 54.5 Å². The quantitative estimate of drug-likeness (QED) is 0.687. The second-order valence-corrected chi connectivity index (χ2v) is 9.89. The van der Waals surface area contributed by atoms with E-state index >= 15 is 0 Å². The van der Waals surface area contributed by atoms with Crippen LogP contribution in [-0.4, -0.2) is 68.3 Å². The molecule has 0 aliphatic carbocycles. The number of sulfonamides is 1. The van der Waals surface area contributed by atoms with Crippen LogP contribution in [0.2, 0.25) is 0 Å². The topological polar surface area (TPSA) is 70.2 Å². The number of amides is 1. The molecule has 31 heavy (non-hydrogen) atoms. The fourth-order valence-corrected chi connectivity index (χ4v) is 6.02. The Balaban J connectivity index is 1.71. The lowest BCUT2D eigenvalue weighted by Crippen LogP contribution is -2.53. The van der Waals surface area contributed by atoms with E-state index in [-0.39, 0.29) is 10.8 Å². The summed E-state index contributed by atoms with van der Waals surface area (Å²) in [5.41, 5.74) is 0.759. The van der Waals surface area contributed by atoms with Crippen molar-refractivity contribution in [2.75, 3.05) is 39.8 Å². The highest BCUT2D eigenvalue weighted by Crippen LogP contribution is 2.35. The fraction of sp³-hybridized carbons (Fsp3) is 0.435. The number of benzene rings is 2. The second-order valence-electron chi connectivity index (χ2n) is 8.00. The molecule has 2 aliphatic heterocycles. The van der Waals surface area contributed by atoms with Crippen molar-refractivity contribution in [3.63, 3.8) is 0 Å². The smallest absolute Gasteiger partial charge is 0.245 e. The Hall–Kier alpha value is -2.42. The third-order valence-electron chi connectivity index (χ3n) is 5.99. The molecular weight excluding hydrogens is 414 g/mol. The molecule has 166 valence electrons. The summed E-state index contributed by atoms with van der Waals surface area (Å²) in [6.07, 6.45) is 2.12. The molecule has 0 radical (unpaired) electrons. The molecular formula is C23H29N3O4S. The standard InChI is InChI=1S/C23H29N3O4S/c1-30-20-12-10-19(11-13-20)23-25(22(27)18-24-14-5-6-15-24)16-7-17-26(23)31(28,29)21-8-3-2-4-9-21/h2-4,8-13,23H,5-7,14-18H2,1H3/t23-/m0/s1. The molecule has 7 nitrogen and oxygen atoms in total. The minimum Gasteiger partial charge on any atom is -0.497 e. The van der Waals surface area contributed by atoms with Crippen LogP contribution in [-0.2, 0) is 14.8 Å². The van der Waals surface area contributed by atoms with Crippen LogP contribution in [0.15, 0.2) is 59.5 Å².